The molecule has 0 saturated heterocycles. The number of para-hydroxylation sites is 1. The van der Waals surface area contributed by atoms with Crippen LogP contribution in [0.2, 0.25) is 0 Å². The van der Waals surface area contributed by atoms with E-state index in [-0.39, 0.29) is 6.04 Å². The van der Waals surface area contributed by atoms with Crippen molar-refractivity contribution in [3.8, 4) is 5.75 Å². The Morgan fingerprint density at radius 3 is 2.90 bits per heavy atom. The Morgan fingerprint density at radius 1 is 1.29 bits per heavy atom. The van der Waals surface area contributed by atoms with Crippen molar-refractivity contribution in [2.45, 2.75) is 19.4 Å². The smallest absolute Gasteiger partial charge is 0.337 e. The van der Waals surface area contributed by atoms with Gasteiger partial charge in [0, 0.05) is 17.7 Å². The van der Waals surface area contributed by atoms with Crippen LogP contribution in [-0.2, 0) is 0 Å². The number of carbonyl (C=O) groups is 1. The van der Waals surface area contributed by atoms with E-state index in [4.69, 9.17) is 4.74 Å². The minimum Gasteiger partial charge on any atom is -0.493 e. The zero-order valence-corrected chi connectivity index (χ0v) is 11.8. The molecule has 0 fully saturated rings. The number of ether oxygens (including phenoxy) is 1. The van der Waals surface area contributed by atoms with Gasteiger partial charge in [-0.1, -0.05) is 29.8 Å². The van der Waals surface area contributed by atoms with Crippen LogP contribution in [0.5, 0.6) is 5.75 Å². The van der Waals surface area contributed by atoms with E-state index in [1.54, 1.807) is 6.07 Å². The molecular formula is C17H17NO3. The van der Waals surface area contributed by atoms with E-state index in [1.165, 1.54) is 0 Å². The standard InChI is InChI=1S/C17H17NO3/c1-11-6-7-14(13(10-11)17(19)20)18-15-8-9-21-16-5-3-2-4-12(15)16/h2-7,10,15,18H,8-9H2,1H3,(H,19,20). The summed E-state index contributed by atoms with van der Waals surface area (Å²) in [5, 5.41) is 12.7. The zero-order valence-electron chi connectivity index (χ0n) is 11.8. The number of hydrogen-bond acceptors (Lipinski definition) is 3. The van der Waals surface area contributed by atoms with Crippen LogP contribution in [0.15, 0.2) is 42.5 Å². The molecule has 1 heterocycles. The molecule has 0 bridgehead atoms. The molecule has 2 aromatic rings. The number of carboxylic acid groups (broad SMARTS) is 1. The number of benzene rings is 2. The maximum absolute atomic E-state index is 11.4. The van der Waals surface area contributed by atoms with Gasteiger partial charge in [-0.15, -0.1) is 0 Å². The highest BCUT2D eigenvalue weighted by atomic mass is 16.5. The molecule has 1 unspecified atom stereocenters. The van der Waals surface area contributed by atoms with Crippen LogP contribution in [0.1, 0.15) is 33.9 Å². The predicted octanol–water partition coefficient (Wildman–Crippen LogP) is 3.63. The minimum absolute atomic E-state index is 0.0655. The Kier molecular flexibility index (Phi) is 3.52. The van der Waals surface area contributed by atoms with Gasteiger partial charge in [-0.2, -0.15) is 0 Å². The molecule has 0 saturated carbocycles. The summed E-state index contributed by atoms with van der Waals surface area (Å²) in [5.74, 6) is -0.0493. The van der Waals surface area contributed by atoms with Crippen molar-refractivity contribution in [1.82, 2.24) is 0 Å². The molecule has 4 heteroatoms. The van der Waals surface area contributed by atoms with E-state index in [2.05, 4.69) is 5.32 Å². The number of carboxylic acids is 1. The van der Waals surface area contributed by atoms with Crippen LogP contribution in [0.4, 0.5) is 5.69 Å². The van der Waals surface area contributed by atoms with Crippen molar-refractivity contribution in [3.63, 3.8) is 0 Å². The van der Waals surface area contributed by atoms with E-state index in [0.29, 0.717) is 17.9 Å². The van der Waals surface area contributed by atoms with Gasteiger partial charge in [-0.25, -0.2) is 4.79 Å². The fourth-order valence-electron chi connectivity index (χ4n) is 2.64. The molecule has 0 radical (unpaired) electrons. The molecule has 108 valence electrons. The first-order valence-corrected chi connectivity index (χ1v) is 6.97. The van der Waals surface area contributed by atoms with E-state index >= 15 is 0 Å². The number of hydrogen-bond donors (Lipinski definition) is 2. The first-order chi connectivity index (χ1) is 10.1. The molecule has 0 aromatic heterocycles. The van der Waals surface area contributed by atoms with Gasteiger partial charge in [0.2, 0.25) is 0 Å². The molecule has 1 aliphatic rings. The van der Waals surface area contributed by atoms with Crippen LogP contribution in [0.3, 0.4) is 0 Å². The normalized spacial score (nSPS) is 16.7. The summed E-state index contributed by atoms with van der Waals surface area (Å²) in [6.07, 6.45) is 0.809. The van der Waals surface area contributed by atoms with Gasteiger partial charge >= 0.3 is 5.97 Å². The maximum Gasteiger partial charge on any atom is 0.337 e. The Bertz CT molecular complexity index is 681. The second-order valence-electron chi connectivity index (χ2n) is 5.23. The van der Waals surface area contributed by atoms with Gasteiger partial charge in [0.15, 0.2) is 0 Å². The van der Waals surface area contributed by atoms with Crippen molar-refractivity contribution in [1.29, 1.82) is 0 Å². The molecule has 0 spiro atoms. The number of rotatable bonds is 3. The molecule has 3 rings (SSSR count). The first kappa shape index (κ1) is 13.5. The number of aromatic carboxylic acids is 1. The number of anilines is 1. The van der Waals surface area contributed by atoms with Crippen LogP contribution in [0, 0.1) is 6.92 Å². The summed E-state index contributed by atoms with van der Waals surface area (Å²) in [7, 11) is 0. The average Bonchev–Trinajstić information content (AvgIpc) is 2.49. The summed E-state index contributed by atoms with van der Waals surface area (Å²) in [6, 6.07) is 13.4. The van der Waals surface area contributed by atoms with E-state index < -0.39 is 5.97 Å². The van der Waals surface area contributed by atoms with Gasteiger partial charge in [-0.05, 0) is 25.1 Å². The third-order valence-corrected chi connectivity index (χ3v) is 3.69. The quantitative estimate of drug-likeness (QED) is 0.903. The van der Waals surface area contributed by atoms with Gasteiger partial charge in [0.05, 0.1) is 18.2 Å². The number of aryl methyl sites for hydroxylation is 1. The SMILES string of the molecule is Cc1ccc(NC2CCOc3ccccc32)c(C(=O)O)c1. The summed E-state index contributed by atoms with van der Waals surface area (Å²) >= 11 is 0. The monoisotopic (exact) mass is 283 g/mol. The largest absolute Gasteiger partial charge is 0.493 e. The van der Waals surface area contributed by atoms with E-state index in [1.807, 2.05) is 43.3 Å². The van der Waals surface area contributed by atoms with Crippen LogP contribution in [-0.4, -0.2) is 17.7 Å². The molecule has 21 heavy (non-hydrogen) atoms. The van der Waals surface area contributed by atoms with Crippen molar-refractivity contribution in [3.05, 3.63) is 59.2 Å². The van der Waals surface area contributed by atoms with Gasteiger partial charge in [-0.3, -0.25) is 0 Å². The fourth-order valence-corrected chi connectivity index (χ4v) is 2.64. The Labute approximate surface area is 123 Å². The van der Waals surface area contributed by atoms with E-state index in [9.17, 15) is 9.90 Å². The van der Waals surface area contributed by atoms with Crippen LogP contribution < -0.4 is 10.1 Å². The highest BCUT2D eigenvalue weighted by Gasteiger charge is 2.22. The predicted molar refractivity (Wildman–Crippen MR) is 81.1 cm³/mol. The lowest BCUT2D eigenvalue weighted by Gasteiger charge is -2.28. The van der Waals surface area contributed by atoms with Crippen molar-refractivity contribution < 1.29 is 14.6 Å². The maximum atomic E-state index is 11.4. The molecule has 1 aliphatic heterocycles. The lowest BCUT2D eigenvalue weighted by Crippen LogP contribution is -2.21. The van der Waals surface area contributed by atoms with E-state index in [0.717, 1.165) is 23.3 Å². The third kappa shape index (κ3) is 2.70. The molecule has 0 aliphatic carbocycles. The Balaban J connectivity index is 1.93. The third-order valence-electron chi connectivity index (χ3n) is 3.69. The molecule has 4 nitrogen and oxygen atoms in total. The lowest BCUT2D eigenvalue weighted by atomic mass is 9.99. The lowest BCUT2D eigenvalue weighted by molar-refractivity contribution is 0.0697. The molecule has 1 atom stereocenters. The molecule has 2 aromatic carbocycles. The summed E-state index contributed by atoms with van der Waals surface area (Å²) in [6.45, 7) is 2.52. The van der Waals surface area contributed by atoms with Gasteiger partial charge in [0.25, 0.3) is 0 Å². The number of fused-ring (bicyclic) bond motifs is 1. The molecular weight excluding hydrogens is 266 g/mol. The summed E-state index contributed by atoms with van der Waals surface area (Å²) in [5.41, 5.74) is 2.96. The fraction of sp³-hybridized carbons (Fsp3) is 0.235. The topological polar surface area (TPSA) is 58.6 Å². The highest BCUT2D eigenvalue weighted by Crippen LogP contribution is 2.34. The second kappa shape index (κ2) is 5.48. The minimum atomic E-state index is -0.915. The van der Waals surface area contributed by atoms with Crippen molar-refractivity contribution >= 4 is 11.7 Å². The Morgan fingerprint density at radius 2 is 2.10 bits per heavy atom. The van der Waals surface area contributed by atoms with Gasteiger partial charge < -0.3 is 15.2 Å². The zero-order chi connectivity index (χ0) is 14.8. The van der Waals surface area contributed by atoms with Crippen molar-refractivity contribution in [2.75, 3.05) is 11.9 Å². The van der Waals surface area contributed by atoms with Crippen LogP contribution >= 0.6 is 0 Å². The van der Waals surface area contributed by atoms with Gasteiger partial charge in [0.1, 0.15) is 5.75 Å². The summed E-state index contributed by atoms with van der Waals surface area (Å²) < 4.78 is 5.63. The summed E-state index contributed by atoms with van der Waals surface area (Å²) in [4.78, 5) is 11.4. The average molecular weight is 283 g/mol. The van der Waals surface area contributed by atoms with Crippen molar-refractivity contribution in [2.24, 2.45) is 0 Å². The molecule has 0 amide bonds. The Hall–Kier alpha value is -2.49. The molecule has 2 N–H and O–H groups in total. The van der Waals surface area contributed by atoms with Crippen LogP contribution in [0.25, 0.3) is 0 Å². The number of nitrogens with one attached hydrogen (secondary N) is 1. The second-order valence-corrected chi connectivity index (χ2v) is 5.23. The first-order valence-electron chi connectivity index (χ1n) is 6.97. The highest BCUT2D eigenvalue weighted by molar-refractivity contribution is 5.94.